The van der Waals surface area contributed by atoms with Crippen LogP contribution in [0.2, 0.25) is 0 Å². The molecule has 0 radical (unpaired) electrons. The Balaban J connectivity index is 1.42. The van der Waals surface area contributed by atoms with Gasteiger partial charge in [-0.2, -0.15) is 0 Å². The molecule has 160 valence electrons. The Hall–Kier alpha value is -3.59. The number of ether oxygens (including phenoxy) is 2. The molecule has 0 spiro atoms. The molecule has 1 aliphatic rings. The summed E-state index contributed by atoms with van der Waals surface area (Å²) in [5.41, 5.74) is 0.756. The molecule has 7 nitrogen and oxygen atoms in total. The monoisotopic (exact) mass is 442 g/mol. The zero-order chi connectivity index (χ0) is 22.0. The number of amides is 1. The largest absolute Gasteiger partial charge is 0.482 e. The van der Waals surface area contributed by atoms with E-state index in [9.17, 15) is 17.6 Å². The number of benzene rings is 3. The number of anilines is 2. The molecule has 0 saturated carbocycles. The predicted molar refractivity (Wildman–Crippen MR) is 113 cm³/mol. The summed E-state index contributed by atoms with van der Waals surface area (Å²) in [6.45, 7) is 1.74. The molecule has 0 fully saturated rings. The first kappa shape index (κ1) is 20.7. The molecule has 2 unspecified atom stereocenters. The van der Waals surface area contributed by atoms with Crippen LogP contribution in [0.3, 0.4) is 0 Å². The van der Waals surface area contributed by atoms with Crippen molar-refractivity contribution >= 4 is 27.3 Å². The summed E-state index contributed by atoms with van der Waals surface area (Å²) in [6, 6.07) is 17.7. The summed E-state index contributed by atoms with van der Waals surface area (Å²) in [5.74, 6) is 0.161. The lowest BCUT2D eigenvalue weighted by atomic mass is 10.1. The highest BCUT2D eigenvalue weighted by Crippen LogP contribution is 2.33. The molecule has 0 aliphatic carbocycles. The number of sulfonamides is 1. The third-order valence-electron chi connectivity index (χ3n) is 4.63. The van der Waals surface area contributed by atoms with Crippen molar-refractivity contribution in [3.63, 3.8) is 0 Å². The van der Waals surface area contributed by atoms with Gasteiger partial charge in [0.15, 0.2) is 11.5 Å². The highest BCUT2D eigenvalue weighted by Gasteiger charge is 2.34. The molecule has 0 bridgehead atoms. The first-order valence-electron chi connectivity index (χ1n) is 9.43. The fourth-order valence-electron chi connectivity index (χ4n) is 3.07. The molecule has 2 N–H and O–H groups in total. The number of hydrogen-bond acceptors (Lipinski definition) is 5. The molecular formula is C22H19FN2O5S. The predicted octanol–water partition coefficient (Wildman–Crippen LogP) is 3.79. The Bertz CT molecular complexity index is 1200. The third-order valence-corrected chi connectivity index (χ3v) is 6.03. The van der Waals surface area contributed by atoms with Gasteiger partial charge in [-0.3, -0.25) is 9.52 Å². The highest BCUT2D eigenvalue weighted by molar-refractivity contribution is 7.92. The Morgan fingerprint density at radius 1 is 0.871 bits per heavy atom. The van der Waals surface area contributed by atoms with Gasteiger partial charge < -0.3 is 14.8 Å². The minimum Gasteiger partial charge on any atom is -0.482 e. The van der Waals surface area contributed by atoms with Gasteiger partial charge in [-0.25, -0.2) is 12.8 Å². The number of fused-ring (bicyclic) bond motifs is 1. The Morgan fingerprint density at radius 2 is 1.45 bits per heavy atom. The van der Waals surface area contributed by atoms with E-state index in [-0.39, 0.29) is 10.8 Å². The van der Waals surface area contributed by atoms with E-state index in [2.05, 4.69) is 10.0 Å². The van der Waals surface area contributed by atoms with Gasteiger partial charge >= 0.3 is 0 Å². The van der Waals surface area contributed by atoms with Crippen LogP contribution in [-0.4, -0.2) is 26.5 Å². The number of carbonyl (C=O) groups excluding carboxylic acids is 1. The summed E-state index contributed by atoms with van der Waals surface area (Å²) in [6.07, 6.45) is -1.33. The van der Waals surface area contributed by atoms with Gasteiger partial charge in [0.05, 0.1) is 4.90 Å². The summed E-state index contributed by atoms with van der Waals surface area (Å²) in [5, 5.41) is 2.74. The van der Waals surface area contributed by atoms with Gasteiger partial charge in [0.25, 0.3) is 15.9 Å². The van der Waals surface area contributed by atoms with E-state index in [1.165, 1.54) is 24.3 Å². The smallest absolute Gasteiger partial charge is 0.269 e. The maximum Gasteiger partial charge on any atom is 0.269 e. The molecule has 31 heavy (non-hydrogen) atoms. The number of para-hydroxylation sites is 2. The van der Waals surface area contributed by atoms with Crippen LogP contribution in [0.15, 0.2) is 77.7 Å². The van der Waals surface area contributed by atoms with E-state index in [0.717, 1.165) is 12.1 Å². The van der Waals surface area contributed by atoms with Crippen LogP contribution in [0.25, 0.3) is 0 Å². The molecule has 2 atom stereocenters. The fraction of sp³-hybridized carbons (Fsp3) is 0.136. The molecule has 0 saturated heterocycles. The molecule has 1 aliphatic heterocycles. The molecule has 3 aromatic rings. The van der Waals surface area contributed by atoms with Crippen LogP contribution < -0.4 is 19.5 Å². The number of rotatable bonds is 5. The fourth-order valence-corrected chi connectivity index (χ4v) is 4.13. The quantitative estimate of drug-likeness (QED) is 0.627. The van der Waals surface area contributed by atoms with Crippen molar-refractivity contribution in [1.82, 2.24) is 0 Å². The maximum atomic E-state index is 13.0. The summed E-state index contributed by atoms with van der Waals surface area (Å²) < 4.78 is 51.7. The van der Waals surface area contributed by atoms with E-state index >= 15 is 0 Å². The van der Waals surface area contributed by atoms with Gasteiger partial charge in [0, 0.05) is 11.4 Å². The van der Waals surface area contributed by atoms with Crippen molar-refractivity contribution in [2.75, 3.05) is 10.0 Å². The van der Waals surface area contributed by atoms with E-state index in [1.54, 1.807) is 37.3 Å². The molecule has 0 aromatic heterocycles. The van der Waals surface area contributed by atoms with Gasteiger partial charge in [-0.1, -0.05) is 12.1 Å². The van der Waals surface area contributed by atoms with E-state index in [4.69, 9.17) is 9.47 Å². The average molecular weight is 442 g/mol. The van der Waals surface area contributed by atoms with Crippen LogP contribution in [0.4, 0.5) is 15.8 Å². The van der Waals surface area contributed by atoms with Crippen molar-refractivity contribution in [3.8, 4) is 11.5 Å². The molecular weight excluding hydrogens is 423 g/mol. The minimum atomic E-state index is -3.86. The molecule has 1 heterocycles. The van der Waals surface area contributed by atoms with E-state index in [1.807, 2.05) is 6.07 Å². The minimum absolute atomic E-state index is 0.0602. The van der Waals surface area contributed by atoms with Crippen LogP contribution >= 0.6 is 0 Å². The molecule has 1 amide bonds. The van der Waals surface area contributed by atoms with Gasteiger partial charge in [0.1, 0.15) is 11.9 Å². The van der Waals surface area contributed by atoms with Crippen LogP contribution in [0, 0.1) is 5.82 Å². The van der Waals surface area contributed by atoms with Crippen LogP contribution in [-0.2, 0) is 14.8 Å². The number of nitrogens with one attached hydrogen (secondary N) is 2. The standard InChI is InChI=1S/C22H19FN2O5S/c1-14-21(30-20-5-3-2-4-19(20)29-14)22(26)24-16-8-10-17(11-9-16)25-31(27,28)18-12-6-15(23)7-13-18/h2-14,21,25H,1H3,(H,24,26). The third kappa shape index (κ3) is 4.61. The first-order chi connectivity index (χ1) is 14.8. The van der Waals surface area contributed by atoms with E-state index in [0.29, 0.717) is 22.9 Å². The van der Waals surface area contributed by atoms with Crippen LogP contribution in [0.5, 0.6) is 11.5 Å². The zero-order valence-corrected chi connectivity index (χ0v) is 17.2. The Kier molecular flexibility index (Phi) is 5.51. The zero-order valence-electron chi connectivity index (χ0n) is 16.4. The van der Waals surface area contributed by atoms with Crippen molar-refractivity contribution in [3.05, 3.63) is 78.6 Å². The van der Waals surface area contributed by atoms with Gasteiger partial charge in [-0.05, 0) is 67.6 Å². The lowest BCUT2D eigenvalue weighted by Gasteiger charge is -2.31. The second kappa shape index (κ2) is 8.27. The number of carbonyl (C=O) groups is 1. The van der Waals surface area contributed by atoms with Gasteiger partial charge in [-0.15, -0.1) is 0 Å². The molecule has 3 aromatic carbocycles. The lowest BCUT2D eigenvalue weighted by Crippen LogP contribution is -2.46. The second-order valence-electron chi connectivity index (χ2n) is 6.93. The topological polar surface area (TPSA) is 93.7 Å². The SMILES string of the molecule is CC1Oc2ccccc2OC1C(=O)Nc1ccc(NS(=O)(=O)c2ccc(F)cc2)cc1. The molecule has 9 heteroatoms. The number of halogens is 1. The normalized spacial score (nSPS) is 17.6. The summed E-state index contributed by atoms with van der Waals surface area (Å²) >= 11 is 0. The average Bonchev–Trinajstić information content (AvgIpc) is 2.74. The van der Waals surface area contributed by atoms with Gasteiger partial charge in [0.2, 0.25) is 6.10 Å². The highest BCUT2D eigenvalue weighted by atomic mass is 32.2. The molecule has 4 rings (SSSR count). The second-order valence-corrected chi connectivity index (χ2v) is 8.62. The summed E-state index contributed by atoms with van der Waals surface area (Å²) in [4.78, 5) is 12.6. The first-order valence-corrected chi connectivity index (χ1v) is 10.9. The Morgan fingerprint density at radius 3 is 2.10 bits per heavy atom. The summed E-state index contributed by atoms with van der Waals surface area (Å²) in [7, 11) is -3.86. The number of hydrogen-bond donors (Lipinski definition) is 2. The lowest BCUT2D eigenvalue weighted by molar-refractivity contribution is -0.128. The van der Waals surface area contributed by atoms with Crippen molar-refractivity contribution in [2.45, 2.75) is 24.0 Å². The van der Waals surface area contributed by atoms with E-state index < -0.39 is 28.0 Å². The van der Waals surface area contributed by atoms with Crippen molar-refractivity contribution in [2.24, 2.45) is 0 Å². The Labute approximate surface area is 178 Å². The van der Waals surface area contributed by atoms with Crippen LogP contribution in [0.1, 0.15) is 6.92 Å². The maximum absolute atomic E-state index is 13.0. The van der Waals surface area contributed by atoms with Crippen molar-refractivity contribution < 1.29 is 27.1 Å². The van der Waals surface area contributed by atoms with Crippen molar-refractivity contribution in [1.29, 1.82) is 0 Å².